The highest BCUT2D eigenvalue weighted by atomic mass is 32.1. The van der Waals surface area contributed by atoms with Gasteiger partial charge in [0.05, 0.1) is 18.4 Å². The predicted molar refractivity (Wildman–Crippen MR) is 95.3 cm³/mol. The van der Waals surface area contributed by atoms with E-state index in [2.05, 4.69) is 10.4 Å². The summed E-state index contributed by atoms with van der Waals surface area (Å²) in [6.45, 7) is 5.51. The summed E-state index contributed by atoms with van der Waals surface area (Å²) < 4.78 is 6.68. The lowest BCUT2D eigenvalue weighted by atomic mass is 10.2. The number of nitrogens with one attached hydrogen (secondary N) is 1. The van der Waals surface area contributed by atoms with Crippen LogP contribution >= 0.6 is 11.3 Å². The molecule has 0 aliphatic rings. The number of aryl methyl sites for hydroxylation is 1. The maximum absolute atomic E-state index is 12.1. The summed E-state index contributed by atoms with van der Waals surface area (Å²) in [5.74, 6) is -0.889. The van der Waals surface area contributed by atoms with Crippen LogP contribution in [-0.2, 0) is 16.6 Å². The average molecular weight is 358 g/mol. The Kier molecular flexibility index (Phi) is 5.72. The number of esters is 1. The number of nitriles is 1. The van der Waals surface area contributed by atoms with Gasteiger partial charge in [-0.15, -0.1) is 11.3 Å². The van der Waals surface area contributed by atoms with Gasteiger partial charge in [0.1, 0.15) is 15.9 Å². The van der Waals surface area contributed by atoms with Crippen molar-refractivity contribution in [3.05, 3.63) is 39.5 Å². The number of thiophene rings is 1. The molecule has 130 valence electrons. The maximum Gasteiger partial charge on any atom is 0.348 e. The van der Waals surface area contributed by atoms with Crippen LogP contribution in [0, 0.1) is 25.2 Å². The Morgan fingerprint density at radius 1 is 1.48 bits per heavy atom. The Morgan fingerprint density at radius 3 is 2.76 bits per heavy atom. The number of anilines is 1. The van der Waals surface area contributed by atoms with Gasteiger partial charge in [0.15, 0.2) is 0 Å². The SMILES string of the molecule is CCOC(=O)c1sc(NC(=O)/C=C/c2cnn(C)c2C)c(C#N)c1C. The molecule has 0 unspecified atom stereocenters. The van der Waals surface area contributed by atoms with Crippen molar-refractivity contribution in [3.8, 4) is 6.07 Å². The lowest BCUT2D eigenvalue weighted by molar-refractivity contribution is -0.111. The Morgan fingerprint density at radius 2 is 2.20 bits per heavy atom. The van der Waals surface area contributed by atoms with Crippen molar-refractivity contribution in [1.82, 2.24) is 9.78 Å². The third kappa shape index (κ3) is 3.95. The molecule has 1 N–H and O–H groups in total. The molecule has 0 aliphatic carbocycles. The van der Waals surface area contributed by atoms with Gasteiger partial charge in [0.2, 0.25) is 5.91 Å². The summed E-state index contributed by atoms with van der Waals surface area (Å²) in [5.41, 5.74) is 2.53. The topological polar surface area (TPSA) is 97.0 Å². The fourth-order valence-corrected chi connectivity index (χ4v) is 3.18. The summed E-state index contributed by atoms with van der Waals surface area (Å²) >= 11 is 1.04. The molecule has 0 atom stereocenters. The first-order valence-corrected chi connectivity index (χ1v) is 8.38. The van der Waals surface area contributed by atoms with E-state index in [0.717, 1.165) is 22.6 Å². The van der Waals surface area contributed by atoms with Crippen molar-refractivity contribution in [3.63, 3.8) is 0 Å². The molecule has 0 bridgehead atoms. The van der Waals surface area contributed by atoms with Crippen LogP contribution in [-0.4, -0.2) is 28.3 Å². The van der Waals surface area contributed by atoms with Gasteiger partial charge in [-0.05, 0) is 32.4 Å². The minimum Gasteiger partial charge on any atom is -0.462 e. The Labute approximate surface area is 149 Å². The molecular weight excluding hydrogens is 340 g/mol. The molecule has 0 fully saturated rings. The van der Waals surface area contributed by atoms with E-state index in [-0.39, 0.29) is 12.2 Å². The number of aromatic nitrogens is 2. The van der Waals surface area contributed by atoms with E-state index in [0.29, 0.717) is 15.4 Å². The van der Waals surface area contributed by atoms with Gasteiger partial charge in [0, 0.05) is 24.4 Å². The van der Waals surface area contributed by atoms with E-state index in [1.54, 1.807) is 30.8 Å². The molecule has 0 saturated heterocycles. The predicted octanol–water partition coefficient (Wildman–Crippen LogP) is 2.80. The van der Waals surface area contributed by atoms with Crippen LogP contribution in [0.25, 0.3) is 6.08 Å². The molecular formula is C17H18N4O3S. The quantitative estimate of drug-likeness (QED) is 0.655. The van der Waals surface area contributed by atoms with E-state index in [9.17, 15) is 14.9 Å². The third-order valence-electron chi connectivity index (χ3n) is 3.64. The van der Waals surface area contributed by atoms with Crippen LogP contribution in [0.4, 0.5) is 5.00 Å². The number of hydrogen-bond donors (Lipinski definition) is 1. The average Bonchev–Trinajstić information content (AvgIpc) is 3.06. The Bertz CT molecular complexity index is 887. The highest BCUT2D eigenvalue weighted by Crippen LogP contribution is 2.33. The Hall–Kier alpha value is -2.92. The molecule has 0 aliphatic heterocycles. The zero-order valence-electron chi connectivity index (χ0n) is 14.4. The highest BCUT2D eigenvalue weighted by molar-refractivity contribution is 7.18. The summed E-state index contributed by atoms with van der Waals surface area (Å²) in [6, 6.07) is 2.02. The highest BCUT2D eigenvalue weighted by Gasteiger charge is 2.21. The second kappa shape index (κ2) is 7.77. The van der Waals surface area contributed by atoms with Crippen molar-refractivity contribution < 1.29 is 14.3 Å². The van der Waals surface area contributed by atoms with Crippen molar-refractivity contribution in [2.24, 2.45) is 7.05 Å². The number of ether oxygens (including phenoxy) is 1. The van der Waals surface area contributed by atoms with Crippen molar-refractivity contribution in [2.45, 2.75) is 20.8 Å². The first-order chi connectivity index (χ1) is 11.9. The molecule has 2 aromatic heterocycles. The number of carbonyl (C=O) groups is 2. The molecule has 0 radical (unpaired) electrons. The van der Waals surface area contributed by atoms with Gasteiger partial charge in [-0.2, -0.15) is 10.4 Å². The van der Waals surface area contributed by atoms with Gasteiger partial charge < -0.3 is 10.1 Å². The van der Waals surface area contributed by atoms with Crippen LogP contribution in [0.1, 0.15) is 39.0 Å². The molecule has 2 heterocycles. The van der Waals surface area contributed by atoms with Crippen molar-refractivity contribution in [1.29, 1.82) is 5.26 Å². The number of amides is 1. The standard InChI is InChI=1S/C17H18N4O3S/c1-5-24-17(23)15-10(2)13(8-18)16(25-15)20-14(22)7-6-12-9-19-21(4)11(12)3/h6-7,9H,5H2,1-4H3,(H,20,22)/b7-6+. The van der Waals surface area contributed by atoms with E-state index in [1.807, 2.05) is 20.0 Å². The lowest BCUT2D eigenvalue weighted by Gasteiger charge is -1.99. The molecule has 0 aromatic carbocycles. The number of nitrogens with zero attached hydrogens (tertiary/aromatic N) is 3. The van der Waals surface area contributed by atoms with Gasteiger partial charge in [-0.1, -0.05) is 0 Å². The minimum absolute atomic E-state index is 0.243. The van der Waals surface area contributed by atoms with Crippen LogP contribution in [0.3, 0.4) is 0 Å². The van der Waals surface area contributed by atoms with Crippen LogP contribution in [0.5, 0.6) is 0 Å². The second-order valence-corrected chi connectivity index (χ2v) is 6.24. The molecule has 7 nitrogen and oxygen atoms in total. The van der Waals surface area contributed by atoms with Gasteiger partial charge in [-0.25, -0.2) is 4.79 Å². The van der Waals surface area contributed by atoms with E-state index in [4.69, 9.17) is 4.74 Å². The zero-order valence-corrected chi connectivity index (χ0v) is 15.2. The summed E-state index contributed by atoms with van der Waals surface area (Å²) in [5, 5.41) is 16.4. The van der Waals surface area contributed by atoms with Gasteiger partial charge in [-0.3, -0.25) is 9.48 Å². The Balaban J connectivity index is 2.20. The molecule has 2 rings (SSSR count). The van der Waals surface area contributed by atoms with E-state index < -0.39 is 11.9 Å². The third-order valence-corrected chi connectivity index (χ3v) is 4.83. The van der Waals surface area contributed by atoms with Crippen LogP contribution in [0.15, 0.2) is 12.3 Å². The van der Waals surface area contributed by atoms with Crippen LogP contribution in [0.2, 0.25) is 0 Å². The summed E-state index contributed by atoms with van der Waals surface area (Å²) in [6.07, 6.45) is 4.68. The van der Waals surface area contributed by atoms with Crippen LogP contribution < -0.4 is 5.32 Å². The largest absolute Gasteiger partial charge is 0.462 e. The second-order valence-electron chi connectivity index (χ2n) is 5.22. The van der Waals surface area contributed by atoms with E-state index in [1.165, 1.54) is 6.08 Å². The fourth-order valence-electron chi connectivity index (χ4n) is 2.13. The first kappa shape index (κ1) is 18.4. The molecule has 0 spiro atoms. The lowest BCUT2D eigenvalue weighted by Crippen LogP contribution is -2.07. The normalized spacial score (nSPS) is 10.7. The molecule has 2 aromatic rings. The first-order valence-electron chi connectivity index (χ1n) is 7.57. The molecule has 1 amide bonds. The number of carbonyl (C=O) groups excluding carboxylic acids is 2. The molecule has 25 heavy (non-hydrogen) atoms. The van der Waals surface area contributed by atoms with E-state index >= 15 is 0 Å². The monoisotopic (exact) mass is 358 g/mol. The summed E-state index contributed by atoms with van der Waals surface area (Å²) in [4.78, 5) is 24.4. The van der Waals surface area contributed by atoms with Crippen molar-refractivity contribution in [2.75, 3.05) is 11.9 Å². The summed E-state index contributed by atoms with van der Waals surface area (Å²) in [7, 11) is 1.82. The number of hydrogen-bond acceptors (Lipinski definition) is 6. The van der Waals surface area contributed by atoms with Crippen molar-refractivity contribution >= 4 is 34.3 Å². The smallest absolute Gasteiger partial charge is 0.348 e. The minimum atomic E-state index is -0.497. The number of rotatable bonds is 5. The van der Waals surface area contributed by atoms with Gasteiger partial charge in [0.25, 0.3) is 0 Å². The fraction of sp³-hybridized carbons (Fsp3) is 0.294. The maximum atomic E-state index is 12.1. The van der Waals surface area contributed by atoms with Gasteiger partial charge >= 0.3 is 5.97 Å². The zero-order chi connectivity index (χ0) is 18.6. The molecule has 8 heteroatoms. The molecule has 0 saturated carbocycles.